The summed E-state index contributed by atoms with van der Waals surface area (Å²) in [7, 11) is -9.21. The van der Waals surface area contributed by atoms with E-state index >= 15 is 0 Å². The maximum Gasteiger partial charge on any atom is 0.298 e. The Kier molecular flexibility index (Phi) is 17.2. The maximum absolute atomic E-state index is 12.9. The van der Waals surface area contributed by atoms with Gasteiger partial charge in [-0.05, 0) is 48.9 Å². The van der Waals surface area contributed by atoms with Gasteiger partial charge in [0, 0.05) is 31.0 Å². The van der Waals surface area contributed by atoms with Crippen LogP contribution >= 0.6 is 0 Å². The van der Waals surface area contributed by atoms with Gasteiger partial charge in [-0.25, -0.2) is 0 Å². The van der Waals surface area contributed by atoms with E-state index in [9.17, 15) is 31.0 Å². The molecule has 1 aliphatic rings. The monoisotopic (exact) mass is 721 g/mol. The standard InChI is InChI=1S/C37H55NO9S2/c1-2-3-4-5-6-7-8-9-10-11-12-13-14-15-16-17-18-19-20-34(39)30-27-37(40)38(29-30)31-21-26-35(36(28-31)49(44,45)46)47-32-22-24-33(25-23-32)48(41,42)43/h21-26,28,30H,2-20,27,29H2,1H3,(H,41,42,43)(H,44,45,46). The number of carbonyl (C=O) groups excluding carboxylic acids is 2. The smallest absolute Gasteiger partial charge is 0.298 e. The lowest BCUT2D eigenvalue weighted by atomic mass is 9.97. The van der Waals surface area contributed by atoms with Crippen LogP contribution in [-0.2, 0) is 29.8 Å². The lowest BCUT2D eigenvalue weighted by Gasteiger charge is -2.19. The second-order valence-electron chi connectivity index (χ2n) is 13.3. The summed E-state index contributed by atoms with van der Waals surface area (Å²) < 4.78 is 71.5. The van der Waals surface area contributed by atoms with Crippen LogP contribution < -0.4 is 9.64 Å². The highest BCUT2D eigenvalue weighted by Gasteiger charge is 2.35. The summed E-state index contributed by atoms with van der Waals surface area (Å²) in [5, 5.41) is 0. The molecule has 0 aromatic heterocycles. The molecule has 49 heavy (non-hydrogen) atoms. The Bertz CT molecular complexity index is 1540. The van der Waals surface area contributed by atoms with E-state index < -0.39 is 31.0 Å². The van der Waals surface area contributed by atoms with Crippen molar-refractivity contribution in [3.05, 3.63) is 42.5 Å². The molecule has 1 unspecified atom stereocenters. The highest BCUT2D eigenvalue weighted by atomic mass is 32.2. The summed E-state index contributed by atoms with van der Waals surface area (Å²) in [5.41, 5.74) is 0.204. The van der Waals surface area contributed by atoms with E-state index in [1.165, 1.54) is 125 Å². The quantitative estimate of drug-likeness (QED) is 0.0753. The number of rotatable bonds is 25. The van der Waals surface area contributed by atoms with Crippen molar-refractivity contribution >= 4 is 37.6 Å². The van der Waals surface area contributed by atoms with Gasteiger partial charge >= 0.3 is 0 Å². The van der Waals surface area contributed by atoms with E-state index in [1.807, 2.05) is 0 Å². The predicted octanol–water partition coefficient (Wildman–Crippen LogP) is 9.33. The Balaban J connectivity index is 1.34. The predicted molar refractivity (Wildman–Crippen MR) is 191 cm³/mol. The van der Waals surface area contributed by atoms with Gasteiger partial charge in [-0.2, -0.15) is 16.8 Å². The van der Waals surface area contributed by atoms with Crippen molar-refractivity contribution in [1.82, 2.24) is 0 Å². The lowest BCUT2D eigenvalue weighted by molar-refractivity contribution is -0.124. The first-order chi connectivity index (χ1) is 23.4. The molecule has 10 nitrogen and oxygen atoms in total. The number of unbranched alkanes of at least 4 members (excludes halogenated alkanes) is 17. The third kappa shape index (κ3) is 14.5. The molecule has 1 fully saturated rings. The van der Waals surface area contributed by atoms with E-state index in [4.69, 9.17) is 9.29 Å². The molecule has 1 atom stereocenters. The number of benzene rings is 2. The van der Waals surface area contributed by atoms with E-state index in [0.717, 1.165) is 37.5 Å². The highest BCUT2D eigenvalue weighted by molar-refractivity contribution is 7.86. The van der Waals surface area contributed by atoms with Crippen LogP contribution in [-0.4, -0.2) is 44.2 Å². The molecule has 0 radical (unpaired) electrons. The zero-order valence-corrected chi connectivity index (χ0v) is 30.6. The third-order valence-corrected chi connectivity index (χ3v) is 11.0. The Morgan fingerprint density at radius 3 is 1.67 bits per heavy atom. The fraction of sp³-hybridized carbons (Fsp3) is 0.622. The van der Waals surface area contributed by atoms with Crippen LogP contribution in [0.4, 0.5) is 5.69 Å². The van der Waals surface area contributed by atoms with Crippen molar-refractivity contribution in [2.75, 3.05) is 11.4 Å². The number of carbonyl (C=O) groups is 2. The van der Waals surface area contributed by atoms with Gasteiger partial charge in [0.05, 0.1) is 4.90 Å². The third-order valence-electron chi connectivity index (χ3n) is 9.22. The molecule has 0 spiro atoms. The van der Waals surface area contributed by atoms with Crippen molar-refractivity contribution in [1.29, 1.82) is 0 Å². The normalized spacial score (nSPS) is 15.2. The van der Waals surface area contributed by atoms with Crippen LogP contribution in [0.2, 0.25) is 0 Å². The van der Waals surface area contributed by atoms with Crippen LogP contribution in [0.1, 0.15) is 135 Å². The van der Waals surface area contributed by atoms with Gasteiger partial charge in [0.2, 0.25) is 5.91 Å². The SMILES string of the molecule is CCCCCCCCCCCCCCCCCCCCC(=O)C1CC(=O)N(c2ccc(Oc3ccc(S(=O)(=O)O)cc3)c(S(=O)(=O)O)c2)C1. The Morgan fingerprint density at radius 1 is 0.714 bits per heavy atom. The Morgan fingerprint density at radius 2 is 1.20 bits per heavy atom. The minimum atomic E-state index is -4.79. The van der Waals surface area contributed by atoms with Crippen LogP contribution in [0.3, 0.4) is 0 Å². The van der Waals surface area contributed by atoms with Gasteiger partial charge in [0.25, 0.3) is 20.2 Å². The molecule has 2 N–H and O–H groups in total. The number of ketones is 1. The second-order valence-corrected chi connectivity index (χ2v) is 16.1. The number of ether oxygens (including phenoxy) is 1. The number of hydrogen-bond acceptors (Lipinski definition) is 7. The van der Waals surface area contributed by atoms with Gasteiger partial charge in [-0.1, -0.05) is 116 Å². The zero-order valence-electron chi connectivity index (χ0n) is 29.0. The van der Waals surface area contributed by atoms with Crippen molar-refractivity contribution in [3.8, 4) is 11.5 Å². The summed E-state index contributed by atoms with van der Waals surface area (Å²) >= 11 is 0. The maximum atomic E-state index is 12.9. The first kappa shape index (κ1) is 40.6. The summed E-state index contributed by atoms with van der Waals surface area (Å²) in [6.07, 6.45) is 23.4. The molecular weight excluding hydrogens is 667 g/mol. The van der Waals surface area contributed by atoms with E-state index in [2.05, 4.69) is 6.92 Å². The topological polar surface area (TPSA) is 155 Å². The molecule has 3 rings (SSSR count). The van der Waals surface area contributed by atoms with Crippen LogP contribution in [0.5, 0.6) is 11.5 Å². The fourth-order valence-electron chi connectivity index (χ4n) is 6.33. The van der Waals surface area contributed by atoms with Gasteiger partial charge in [-0.15, -0.1) is 0 Å². The molecule has 0 aliphatic carbocycles. The van der Waals surface area contributed by atoms with Crippen molar-refractivity contribution < 1.29 is 40.3 Å². The molecule has 2 aromatic rings. The minimum absolute atomic E-state index is 0.0237. The van der Waals surface area contributed by atoms with Crippen LogP contribution in [0.15, 0.2) is 52.3 Å². The summed E-state index contributed by atoms with van der Waals surface area (Å²) in [4.78, 5) is 26.1. The lowest BCUT2D eigenvalue weighted by Crippen LogP contribution is -2.26. The molecule has 1 amide bonds. The molecule has 1 saturated heterocycles. The summed E-state index contributed by atoms with van der Waals surface area (Å²) in [5.74, 6) is -0.973. The molecule has 0 bridgehead atoms. The van der Waals surface area contributed by atoms with Crippen LogP contribution in [0, 0.1) is 5.92 Å². The average molecular weight is 722 g/mol. The van der Waals surface area contributed by atoms with E-state index in [-0.39, 0.29) is 46.7 Å². The molecule has 1 heterocycles. The molecule has 1 aliphatic heterocycles. The number of hydrogen-bond donors (Lipinski definition) is 2. The Hall–Kier alpha value is -2.80. The molecule has 12 heteroatoms. The van der Waals surface area contributed by atoms with Crippen molar-refractivity contribution in [2.24, 2.45) is 5.92 Å². The Labute approximate surface area is 293 Å². The molecule has 2 aromatic carbocycles. The van der Waals surface area contributed by atoms with E-state index in [1.54, 1.807) is 0 Å². The van der Waals surface area contributed by atoms with Crippen molar-refractivity contribution in [3.63, 3.8) is 0 Å². The van der Waals surface area contributed by atoms with Gasteiger partial charge in [-0.3, -0.25) is 18.7 Å². The van der Waals surface area contributed by atoms with Crippen LogP contribution in [0.25, 0.3) is 0 Å². The summed E-state index contributed by atoms with van der Waals surface area (Å²) in [6, 6.07) is 8.42. The highest BCUT2D eigenvalue weighted by Crippen LogP contribution is 2.35. The van der Waals surface area contributed by atoms with Gasteiger partial charge < -0.3 is 9.64 Å². The number of amides is 1. The van der Waals surface area contributed by atoms with Gasteiger partial charge in [0.15, 0.2) is 0 Å². The summed E-state index contributed by atoms with van der Waals surface area (Å²) in [6.45, 7) is 2.38. The molecule has 0 saturated carbocycles. The fourth-order valence-corrected chi connectivity index (χ4v) is 7.45. The first-order valence-electron chi connectivity index (χ1n) is 18.1. The van der Waals surface area contributed by atoms with Crippen molar-refractivity contribution in [2.45, 2.75) is 145 Å². The minimum Gasteiger partial charge on any atom is -0.456 e. The largest absolute Gasteiger partial charge is 0.456 e. The average Bonchev–Trinajstić information content (AvgIpc) is 3.45. The molecular formula is C37H55NO9S2. The number of anilines is 1. The van der Waals surface area contributed by atoms with E-state index in [0.29, 0.717) is 6.42 Å². The zero-order chi connectivity index (χ0) is 35.7. The first-order valence-corrected chi connectivity index (χ1v) is 21.0. The molecule has 274 valence electrons. The van der Waals surface area contributed by atoms with Gasteiger partial charge in [0.1, 0.15) is 22.2 Å². The number of nitrogens with zero attached hydrogens (tertiary/aromatic N) is 1. The number of Topliss-reactive ketones (excluding diaryl/α,β-unsaturated/α-hetero) is 1. The second kappa shape index (κ2) is 20.8.